The van der Waals surface area contributed by atoms with Gasteiger partial charge in [0.05, 0.1) is 0 Å². The van der Waals surface area contributed by atoms with E-state index in [1.165, 1.54) is 6.07 Å². The van der Waals surface area contributed by atoms with Gasteiger partial charge in [-0.05, 0) is 72.7 Å². The van der Waals surface area contributed by atoms with Crippen LogP contribution in [0.2, 0.25) is 0 Å². The first-order valence-electron chi connectivity index (χ1n) is 8.15. The Morgan fingerprint density at radius 1 is 1.26 bits per heavy atom. The minimum absolute atomic E-state index is 0.147. The Labute approximate surface area is 136 Å². The van der Waals surface area contributed by atoms with E-state index in [0.717, 1.165) is 46.2 Å². The number of benzene rings is 2. The minimum Gasteiger partial charge on any atom is -0.324 e. The van der Waals surface area contributed by atoms with E-state index in [-0.39, 0.29) is 17.6 Å². The Balaban J connectivity index is 2.20. The van der Waals surface area contributed by atoms with Gasteiger partial charge in [0.2, 0.25) is 0 Å². The van der Waals surface area contributed by atoms with E-state index in [1.807, 2.05) is 39.0 Å². The van der Waals surface area contributed by atoms with Crippen LogP contribution in [0.25, 0.3) is 11.1 Å². The van der Waals surface area contributed by atoms with Crippen LogP contribution < -0.4 is 5.73 Å². The van der Waals surface area contributed by atoms with Crippen LogP contribution in [0.15, 0.2) is 24.3 Å². The number of hydrogen-bond donors (Lipinski definition) is 1. The van der Waals surface area contributed by atoms with E-state index in [1.54, 1.807) is 0 Å². The lowest BCUT2D eigenvalue weighted by molar-refractivity contribution is 0.0988. The number of hydrogen-bond acceptors (Lipinski definition) is 2. The number of ketones is 1. The molecular weight excluding hydrogens is 289 g/mol. The number of rotatable bonds is 3. The fourth-order valence-corrected chi connectivity index (χ4v) is 3.74. The molecule has 0 fully saturated rings. The van der Waals surface area contributed by atoms with Crippen molar-refractivity contribution in [3.05, 3.63) is 57.9 Å². The molecule has 0 unspecified atom stereocenters. The quantitative estimate of drug-likeness (QED) is 0.839. The minimum atomic E-state index is -0.216. The lowest BCUT2D eigenvalue weighted by Gasteiger charge is -2.17. The number of halogens is 1. The van der Waals surface area contributed by atoms with Crippen LogP contribution in [0, 0.1) is 19.7 Å². The van der Waals surface area contributed by atoms with Crippen molar-refractivity contribution >= 4 is 5.78 Å². The van der Waals surface area contributed by atoms with Gasteiger partial charge in [-0.1, -0.05) is 13.0 Å². The van der Waals surface area contributed by atoms with Gasteiger partial charge >= 0.3 is 0 Å². The van der Waals surface area contributed by atoms with Crippen molar-refractivity contribution in [2.45, 2.75) is 46.1 Å². The van der Waals surface area contributed by atoms with E-state index < -0.39 is 0 Å². The zero-order valence-corrected chi connectivity index (χ0v) is 13.9. The van der Waals surface area contributed by atoms with Gasteiger partial charge in [-0.3, -0.25) is 4.79 Å². The Morgan fingerprint density at radius 2 is 1.91 bits per heavy atom. The van der Waals surface area contributed by atoms with E-state index >= 15 is 0 Å². The number of nitrogens with two attached hydrogens (primary N) is 1. The summed E-state index contributed by atoms with van der Waals surface area (Å²) in [6.45, 7) is 5.90. The Hall–Kier alpha value is -2.00. The normalized spacial score (nSPS) is 16.5. The molecule has 120 valence electrons. The maximum Gasteiger partial charge on any atom is 0.162 e. The van der Waals surface area contributed by atoms with Crippen molar-refractivity contribution in [1.82, 2.24) is 0 Å². The van der Waals surface area contributed by atoms with Gasteiger partial charge < -0.3 is 5.73 Å². The monoisotopic (exact) mass is 311 g/mol. The maximum atomic E-state index is 14.1. The summed E-state index contributed by atoms with van der Waals surface area (Å²) in [5.41, 5.74) is 12.8. The number of carbonyl (C=O) groups excluding carboxylic acids is 1. The molecule has 0 amide bonds. The molecule has 0 saturated heterocycles. The topological polar surface area (TPSA) is 43.1 Å². The highest BCUT2D eigenvalue weighted by atomic mass is 19.1. The van der Waals surface area contributed by atoms with Crippen molar-refractivity contribution in [3.63, 3.8) is 0 Å². The third-order valence-electron chi connectivity index (χ3n) is 4.83. The van der Waals surface area contributed by atoms with E-state index in [9.17, 15) is 9.18 Å². The molecule has 3 rings (SSSR count). The van der Waals surface area contributed by atoms with Crippen molar-refractivity contribution in [3.8, 4) is 11.1 Å². The van der Waals surface area contributed by atoms with Crippen molar-refractivity contribution in [1.29, 1.82) is 0 Å². The SMILES string of the molecule is CCC(=O)c1cc(C)c(-c2ccc(F)c3c2CC[C@H]3N)c(C)c1. The first-order valence-corrected chi connectivity index (χ1v) is 8.15. The fourth-order valence-electron chi connectivity index (χ4n) is 3.74. The summed E-state index contributed by atoms with van der Waals surface area (Å²) in [4.78, 5) is 12.0. The second-order valence-corrected chi connectivity index (χ2v) is 6.39. The molecule has 1 aliphatic carbocycles. The molecule has 1 atom stereocenters. The molecule has 1 aliphatic rings. The van der Waals surface area contributed by atoms with Crippen LogP contribution in [0.3, 0.4) is 0 Å². The van der Waals surface area contributed by atoms with Gasteiger partial charge in [-0.2, -0.15) is 0 Å². The van der Waals surface area contributed by atoms with Gasteiger partial charge in [0.15, 0.2) is 5.78 Å². The molecule has 0 aliphatic heterocycles. The highest BCUT2D eigenvalue weighted by Gasteiger charge is 2.27. The maximum absolute atomic E-state index is 14.1. The second kappa shape index (κ2) is 5.89. The molecule has 2 nitrogen and oxygen atoms in total. The van der Waals surface area contributed by atoms with Crippen molar-refractivity contribution in [2.24, 2.45) is 5.73 Å². The summed E-state index contributed by atoms with van der Waals surface area (Å²) in [6.07, 6.45) is 2.09. The standard InChI is InChI=1S/C20H22FNO/c1-4-18(23)13-9-11(2)19(12(3)10-13)14-5-7-16(21)20-15(14)6-8-17(20)22/h5,7,9-10,17H,4,6,8,22H2,1-3H3/t17-/m1/s1. The molecule has 2 aromatic rings. The summed E-state index contributed by atoms with van der Waals surface area (Å²) >= 11 is 0. The molecule has 0 radical (unpaired) electrons. The number of aryl methyl sites for hydroxylation is 2. The Morgan fingerprint density at radius 3 is 2.52 bits per heavy atom. The average molecular weight is 311 g/mol. The lowest BCUT2D eigenvalue weighted by atomic mass is 9.88. The molecule has 0 heterocycles. The van der Waals surface area contributed by atoms with Crippen LogP contribution >= 0.6 is 0 Å². The molecule has 0 bridgehead atoms. The average Bonchev–Trinajstić information content (AvgIpc) is 2.91. The van der Waals surface area contributed by atoms with Crippen LogP contribution in [0.4, 0.5) is 4.39 Å². The van der Waals surface area contributed by atoms with Crippen LogP contribution in [0.1, 0.15) is 58.4 Å². The first-order chi connectivity index (χ1) is 10.9. The molecule has 23 heavy (non-hydrogen) atoms. The van der Waals surface area contributed by atoms with Gasteiger partial charge in [0, 0.05) is 23.6 Å². The summed E-state index contributed by atoms with van der Waals surface area (Å²) in [5.74, 6) is -0.0593. The number of fused-ring (bicyclic) bond motifs is 1. The summed E-state index contributed by atoms with van der Waals surface area (Å²) in [5, 5.41) is 0. The molecule has 0 saturated carbocycles. The largest absolute Gasteiger partial charge is 0.324 e. The first kappa shape index (κ1) is 15.9. The van der Waals surface area contributed by atoms with E-state index in [4.69, 9.17) is 5.73 Å². The Kier molecular flexibility index (Phi) is 4.07. The molecule has 0 aromatic heterocycles. The van der Waals surface area contributed by atoms with E-state index in [2.05, 4.69) is 0 Å². The molecule has 3 heteroatoms. The summed E-state index contributed by atoms with van der Waals surface area (Å²) < 4.78 is 14.1. The fraction of sp³-hybridized carbons (Fsp3) is 0.350. The van der Waals surface area contributed by atoms with Crippen LogP contribution in [-0.2, 0) is 6.42 Å². The van der Waals surface area contributed by atoms with Crippen molar-refractivity contribution in [2.75, 3.05) is 0 Å². The highest BCUT2D eigenvalue weighted by Crippen LogP contribution is 2.40. The molecule has 0 spiro atoms. The summed E-state index contributed by atoms with van der Waals surface area (Å²) in [6, 6.07) is 7.04. The number of Topliss-reactive ketones (excluding diaryl/α,β-unsaturated/α-hetero) is 1. The summed E-state index contributed by atoms with van der Waals surface area (Å²) in [7, 11) is 0. The molecular formula is C20H22FNO. The van der Waals surface area contributed by atoms with Gasteiger partial charge in [0.1, 0.15) is 5.82 Å². The smallest absolute Gasteiger partial charge is 0.162 e. The third kappa shape index (κ3) is 2.59. The van der Waals surface area contributed by atoms with Gasteiger partial charge in [-0.15, -0.1) is 0 Å². The van der Waals surface area contributed by atoms with Crippen LogP contribution in [-0.4, -0.2) is 5.78 Å². The number of carbonyl (C=O) groups is 1. The zero-order chi connectivity index (χ0) is 16.7. The van der Waals surface area contributed by atoms with Gasteiger partial charge in [-0.25, -0.2) is 4.39 Å². The van der Waals surface area contributed by atoms with E-state index in [0.29, 0.717) is 12.0 Å². The predicted molar refractivity (Wildman–Crippen MR) is 91.2 cm³/mol. The molecule has 2 aromatic carbocycles. The highest BCUT2D eigenvalue weighted by molar-refractivity contribution is 5.97. The van der Waals surface area contributed by atoms with Crippen LogP contribution in [0.5, 0.6) is 0 Å². The lowest BCUT2D eigenvalue weighted by Crippen LogP contribution is -2.08. The molecule has 2 N–H and O–H groups in total. The second-order valence-electron chi connectivity index (χ2n) is 6.39. The Bertz CT molecular complexity index is 771. The van der Waals surface area contributed by atoms with Gasteiger partial charge in [0.25, 0.3) is 0 Å². The predicted octanol–water partition coefficient (Wildman–Crippen LogP) is 4.65. The zero-order valence-electron chi connectivity index (χ0n) is 13.9. The van der Waals surface area contributed by atoms with Crippen molar-refractivity contribution < 1.29 is 9.18 Å². The third-order valence-corrected chi connectivity index (χ3v) is 4.83.